The van der Waals surface area contributed by atoms with Gasteiger partial charge in [0.25, 0.3) is 5.91 Å². The molecular formula is C18H20N2O3S2. The van der Waals surface area contributed by atoms with Gasteiger partial charge in [-0.05, 0) is 30.2 Å². The first kappa shape index (κ1) is 17.8. The van der Waals surface area contributed by atoms with Crippen LogP contribution in [0, 0.1) is 0 Å². The van der Waals surface area contributed by atoms with E-state index in [2.05, 4.69) is 11.4 Å². The molecule has 5 nitrogen and oxygen atoms in total. The molecular weight excluding hydrogens is 356 g/mol. The van der Waals surface area contributed by atoms with Crippen molar-refractivity contribution in [3.63, 3.8) is 0 Å². The maximum atomic E-state index is 12.8. The summed E-state index contributed by atoms with van der Waals surface area (Å²) in [6.45, 7) is 0. The van der Waals surface area contributed by atoms with Gasteiger partial charge in [-0.1, -0.05) is 30.3 Å². The second kappa shape index (κ2) is 7.09. The molecule has 0 aliphatic carbocycles. The topological polar surface area (TPSA) is 66.5 Å². The van der Waals surface area contributed by atoms with Crippen molar-refractivity contribution in [2.45, 2.75) is 17.4 Å². The number of hydrogen-bond acceptors (Lipinski definition) is 4. The Morgan fingerprint density at radius 3 is 2.60 bits per heavy atom. The number of hydrogen-bond donors (Lipinski definition) is 1. The lowest BCUT2D eigenvalue weighted by atomic mass is 10.0. The molecule has 1 atom stereocenters. The Kier molecular flexibility index (Phi) is 5.06. The van der Waals surface area contributed by atoms with Gasteiger partial charge in [0.2, 0.25) is 10.0 Å². The van der Waals surface area contributed by atoms with Crippen LogP contribution in [0.4, 0.5) is 5.69 Å². The van der Waals surface area contributed by atoms with E-state index < -0.39 is 10.0 Å². The molecule has 1 aliphatic heterocycles. The summed E-state index contributed by atoms with van der Waals surface area (Å²) in [7, 11) is -1.99. The minimum atomic E-state index is -3.44. The summed E-state index contributed by atoms with van der Waals surface area (Å²) in [4.78, 5) is 14.0. The number of fused-ring (bicyclic) bond motifs is 1. The molecule has 1 aliphatic rings. The van der Waals surface area contributed by atoms with Gasteiger partial charge < -0.3 is 5.32 Å². The van der Waals surface area contributed by atoms with E-state index in [-0.39, 0.29) is 11.9 Å². The van der Waals surface area contributed by atoms with E-state index in [0.29, 0.717) is 11.3 Å². The number of nitrogens with one attached hydrogen (secondary N) is 1. The third-order valence-electron chi connectivity index (χ3n) is 4.25. The molecule has 0 bridgehead atoms. The lowest BCUT2D eigenvalue weighted by Crippen LogP contribution is -2.33. The Hall–Kier alpha value is -1.99. The molecule has 2 aromatic rings. The van der Waals surface area contributed by atoms with E-state index in [1.54, 1.807) is 36.0 Å². The Balaban J connectivity index is 1.89. The van der Waals surface area contributed by atoms with Gasteiger partial charge in [-0.15, -0.1) is 11.8 Å². The van der Waals surface area contributed by atoms with Gasteiger partial charge in [0.05, 0.1) is 23.5 Å². The molecule has 0 aromatic heterocycles. The Morgan fingerprint density at radius 1 is 1.16 bits per heavy atom. The normalized spacial score (nSPS) is 16.8. The van der Waals surface area contributed by atoms with Gasteiger partial charge in [0, 0.05) is 17.7 Å². The van der Waals surface area contributed by atoms with Gasteiger partial charge in [0.1, 0.15) is 0 Å². The van der Waals surface area contributed by atoms with Crippen LogP contribution in [-0.2, 0) is 10.0 Å². The number of nitrogens with zero attached hydrogens (tertiary/aromatic N) is 1. The van der Waals surface area contributed by atoms with Crippen LogP contribution in [0.1, 0.15) is 28.4 Å². The van der Waals surface area contributed by atoms with Crippen LogP contribution in [0.5, 0.6) is 0 Å². The number of para-hydroxylation sites is 1. The van der Waals surface area contributed by atoms with Crippen molar-refractivity contribution in [2.24, 2.45) is 0 Å². The van der Waals surface area contributed by atoms with Crippen LogP contribution in [0.3, 0.4) is 0 Å². The molecule has 7 heteroatoms. The van der Waals surface area contributed by atoms with Crippen molar-refractivity contribution >= 4 is 33.4 Å². The summed E-state index contributed by atoms with van der Waals surface area (Å²) < 4.78 is 24.8. The zero-order valence-electron chi connectivity index (χ0n) is 14.1. The molecule has 0 spiro atoms. The zero-order chi connectivity index (χ0) is 18.0. The Labute approximate surface area is 152 Å². The summed E-state index contributed by atoms with van der Waals surface area (Å²) in [5, 5.41) is 3.06. The summed E-state index contributed by atoms with van der Waals surface area (Å²) >= 11 is 1.79. The smallest absolute Gasteiger partial charge is 0.253 e. The van der Waals surface area contributed by atoms with Gasteiger partial charge in [0.15, 0.2) is 0 Å². The second-order valence-electron chi connectivity index (χ2n) is 5.95. The maximum absolute atomic E-state index is 12.8. The van der Waals surface area contributed by atoms with E-state index in [1.165, 1.54) is 11.9 Å². The molecule has 0 saturated heterocycles. The molecule has 0 unspecified atom stereocenters. The monoisotopic (exact) mass is 376 g/mol. The lowest BCUT2D eigenvalue weighted by molar-refractivity contribution is 0.0935. The molecule has 2 aromatic carbocycles. The number of thioether (sulfide) groups is 1. The number of rotatable bonds is 4. The predicted octanol–water partition coefficient (Wildman–Crippen LogP) is 3.05. The summed E-state index contributed by atoms with van der Waals surface area (Å²) in [5.41, 5.74) is 1.84. The fourth-order valence-corrected chi connectivity index (χ4v) is 4.49. The fraction of sp³-hybridized carbons (Fsp3) is 0.278. The van der Waals surface area contributed by atoms with Crippen LogP contribution >= 0.6 is 11.8 Å². The molecule has 132 valence electrons. The van der Waals surface area contributed by atoms with Crippen molar-refractivity contribution in [1.82, 2.24) is 5.32 Å². The highest BCUT2D eigenvalue weighted by Crippen LogP contribution is 2.36. The van der Waals surface area contributed by atoms with Gasteiger partial charge in [-0.2, -0.15) is 0 Å². The fourth-order valence-electron chi connectivity index (χ4n) is 2.85. The van der Waals surface area contributed by atoms with Crippen LogP contribution in [-0.4, -0.2) is 33.4 Å². The summed E-state index contributed by atoms with van der Waals surface area (Å²) in [6.07, 6.45) is 1.97. The van der Waals surface area contributed by atoms with Crippen LogP contribution in [0.25, 0.3) is 0 Å². The molecule has 1 N–H and O–H groups in total. The van der Waals surface area contributed by atoms with Crippen LogP contribution < -0.4 is 9.62 Å². The van der Waals surface area contributed by atoms with Gasteiger partial charge >= 0.3 is 0 Å². The van der Waals surface area contributed by atoms with E-state index in [1.807, 2.05) is 18.2 Å². The molecule has 0 fully saturated rings. The third kappa shape index (κ3) is 3.82. The molecule has 25 heavy (non-hydrogen) atoms. The van der Waals surface area contributed by atoms with E-state index in [0.717, 1.165) is 28.3 Å². The van der Waals surface area contributed by atoms with Gasteiger partial charge in [-0.25, -0.2) is 8.42 Å². The van der Waals surface area contributed by atoms with E-state index >= 15 is 0 Å². The first-order valence-electron chi connectivity index (χ1n) is 7.93. The highest BCUT2D eigenvalue weighted by atomic mass is 32.2. The molecule has 1 heterocycles. The van der Waals surface area contributed by atoms with Gasteiger partial charge in [-0.3, -0.25) is 9.10 Å². The predicted molar refractivity (Wildman–Crippen MR) is 102 cm³/mol. The van der Waals surface area contributed by atoms with Crippen LogP contribution in [0.15, 0.2) is 53.4 Å². The standard InChI is InChI=1S/C18H20N2O3S2/c1-20(25(2,22)23)16-9-5-3-8-14(16)18(21)19-15-11-12-24-17-10-6-4-7-13(15)17/h3-10,15H,11-12H2,1-2H3,(H,19,21)/t15-/m1/s1. The summed E-state index contributed by atoms with van der Waals surface area (Å²) in [5.74, 6) is 0.671. The van der Waals surface area contributed by atoms with Crippen molar-refractivity contribution in [3.05, 3.63) is 59.7 Å². The second-order valence-corrected chi connectivity index (χ2v) is 9.10. The minimum absolute atomic E-state index is 0.0680. The molecule has 0 saturated carbocycles. The third-order valence-corrected chi connectivity index (χ3v) is 6.56. The van der Waals surface area contributed by atoms with Crippen molar-refractivity contribution < 1.29 is 13.2 Å². The highest BCUT2D eigenvalue weighted by molar-refractivity contribution is 7.99. The van der Waals surface area contributed by atoms with E-state index in [4.69, 9.17) is 0 Å². The maximum Gasteiger partial charge on any atom is 0.253 e. The number of carbonyl (C=O) groups excluding carboxylic acids is 1. The zero-order valence-corrected chi connectivity index (χ0v) is 15.7. The number of benzene rings is 2. The largest absolute Gasteiger partial charge is 0.345 e. The SMILES string of the molecule is CN(c1ccccc1C(=O)N[C@@H]1CCSc2ccccc21)S(C)(=O)=O. The number of carbonyl (C=O) groups is 1. The first-order valence-corrected chi connectivity index (χ1v) is 10.8. The quantitative estimate of drug-likeness (QED) is 0.891. The van der Waals surface area contributed by atoms with Crippen LogP contribution in [0.2, 0.25) is 0 Å². The molecule has 1 amide bonds. The lowest BCUT2D eigenvalue weighted by Gasteiger charge is -2.27. The number of anilines is 1. The molecule has 3 rings (SSSR count). The van der Waals surface area contributed by atoms with Crippen molar-refractivity contribution in [3.8, 4) is 0 Å². The van der Waals surface area contributed by atoms with Crippen molar-refractivity contribution in [1.29, 1.82) is 0 Å². The van der Waals surface area contributed by atoms with Crippen molar-refractivity contribution in [2.75, 3.05) is 23.4 Å². The minimum Gasteiger partial charge on any atom is -0.345 e. The Bertz CT molecular complexity index is 897. The van der Waals surface area contributed by atoms with E-state index in [9.17, 15) is 13.2 Å². The number of sulfonamides is 1. The number of amides is 1. The highest BCUT2D eigenvalue weighted by Gasteiger charge is 2.25. The average molecular weight is 377 g/mol. The summed E-state index contributed by atoms with van der Waals surface area (Å²) in [6, 6.07) is 14.7. The molecule has 0 radical (unpaired) electrons. The average Bonchev–Trinajstić information content (AvgIpc) is 2.60. The Morgan fingerprint density at radius 2 is 1.84 bits per heavy atom. The first-order chi connectivity index (χ1) is 11.9.